The Morgan fingerprint density at radius 3 is 2.94 bits per heavy atom. The molecule has 0 aliphatic carbocycles. The van der Waals surface area contributed by atoms with Crippen molar-refractivity contribution in [2.24, 2.45) is 0 Å². The number of amides is 1. The highest BCUT2D eigenvalue weighted by atomic mass is 16.1. The van der Waals surface area contributed by atoms with Crippen molar-refractivity contribution in [3.05, 3.63) is 36.2 Å². The molecule has 1 N–H and O–H groups in total. The van der Waals surface area contributed by atoms with Gasteiger partial charge in [0.2, 0.25) is 0 Å². The second-order valence-electron chi connectivity index (χ2n) is 3.84. The van der Waals surface area contributed by atoms with Crippen LogP contribution in [0.5, 0.6) is 0 Å². The molecule has 2 rings (SSSR count). The highest BCUT2D eigenvalue weighted by Gasteiger charge is 2.09. The molecule has 2 aromatic heterocycles. The van der Waals surface area contributed by atoms with E-state index in [-0.39, 0.29) is 5.91 Å². The van der Waals surface area contributed by atoms with Crippen LogP contribution in [0.1, 0.15) is 30.1 Å². The summed E-state index contributed by atoms with van der Waals surface area (Å²) in [5.74, 6) is -0.0566. The number of carbonyl (C=O) groups excluding carboxylic acids is 1. The van der Waals surface area contributed by atoms with E-state index in [1.807, 2.05) is 12.1 Å². The van der Waals surface area contributed by atoms with E-state index >= 15 is 0 Å². The van der Waals surface area contributed by atoms with E-state index in [4.69, 9.17) is 0 Å². The first kappa shape index (κ1) is 11.5. The summed E-state index contributed by atoms with van der Waals surface area (Å²) >= 11 is 0. The number of nitrogens with zero attached hydrogens (tertiary/aromatic N) is 2. The Morgan fingerprint density at radius 1 is 1.29 bits per heavy atom. The van der Waals surface area contributed by atoms with Crippen LogP contribution in [0, 0.1) is 0 Å². The highest BCUT2D eigenvalue weighted by molar-refractivity contribution is 6.05. The smallest absolute Gasteiger partial charge is 0.252 e. The van der Waals surface area contributed by atoms with Crippen LogP contribution in [-0.4, -0.2) is 22.4 Å². The standard InChI is InChI=1S/C13H15N3O/c1-2-3-7-16-13(17)11-6-9-15-12-10(11)5-4-8-14-12/h4-6,8-9H,2-3,7H2,1H3,(H,16,17). The van der Waals surface area contributed by atoms with E-state index in [1.54, 1.807) is 18.5 Å². The molecule has 4 heteroatoms. The van der Waals surface area contributed by atoms with Gasteiger partial charge in [0.05, 0.1) is 5.56 Å². The Bertz CT molecular complexity index is 520. The maximum absolute atomic E-state index is 12.0. The zero-order chi connectivity index (χ0) is 12.1. The van der Waals surface area contributed by atoms with E-state index in [2.05, 4.69) is 22.2 Å². The molecule has 2 heterocycles. The van der Waals surface area contributed by atoms with Gasteiger partial charge < -0.3 is 5.32 Å². The van der Waals surface area contributed by atoms with Gasteiger partial charge in [0, 0.05) is 24.3 Å². The van der Waals surface area contributed by atoms with Crippen molar-refractivity contribution in [2.45, 2.75) is 19.8 Å². The van der Waals surface area contributed by atoms with Gasteiger partial charge >= 0.3 is 0 Å². The molecule has 0 unspecified atom stereocenters. The summed E-state index contributed by atoms with van der Waals surface area (Å²) in [5, 5.41) is 3.69. The largest absolute Gasteiger partial charge is 0.352 e. The van der Waals surface area contributed by atoms with E-state index in [9.17, 15) is 4.79 Å². The number of nitrogens with one attached hydrogen (secondary N) is 1. The first-order valence-electron chi connectivity index (χ1n) is 5.81. The minimum absolute atomic E-state index is 0.0566. The molecule has 17 heavy (non-hydrogen) atoms. The Balaban J connectivity index is 2.26. The van der Waals surface area contributed by atoms with Crippen molar-refractivity contribution >= 4 is 16.9 Å². The zero-order valence-corrected chi connectivity index (χ0v) is 9.81. The van der Waals surface area contributed by atoms with Crippen molar-refractivity contribution in [1.82, 2.24) is 15.3 Å². The SMILES string of the molecule is CCCCNC(=O)c1ccnc2ncccc12. The molecule has 0 bridgehead atoms. The molecule has 2 aromatic rings. The van der Waals surface area contributed by atoms with Crippen molar-refractivity contribution in [1.29, 1.82) is 0 Å². The fraction of sp³-hybridized carbons (Fsp3) is 0.308. The Labute approximate surface area is 100 Å². The number of hydrogen-bond donors (Lipinski definition) is 1. The summed E-state index contributed by atoms with van der Waals surface area (Å²) in [7, 11) is 0. The number of fused-ring (bicyclic) bond motifs is 1. The Hall–Kier alpha value is -1.97. The molecule has 0 spiro atoms. The molecule has 0 fully saturated rings. The Kier molecular flexibility index (Phi) is 3.65. The lowest BCUT2D eigenvalue weighted by Gasteiger charge is -2.06. The first-order valence-corrected chi connectivity index (χ1v) is 5.81. The number of unbranched alkanes of at least 4 members (excludes halogenated alkanes) is 1. The number of rotatable bonds is 4. The number of pyridine rings is 2. The molecule has 0 saturated carbocycles. The number of carbonyl (C=O) groups is 1. The lowest BCUT2D eigenvalue weighted by molar-refractivity contribution is 0.0954. The van der Waals surface area contributed by atoms with Gasteiger partial charge in [0.25, 0.3) is 5.91 Å². The minimum Gasteiger partial charge on any atom is -0.352 e. The average molecular weight is 229 g/mol. The van der Waals surface area contributed by atoms with Crippen LogP contribution in [0.3, 0.4) is 0 Å². The third-order valence-corrected chi connectivity index (χ3v) is 2.58. The third-order valence-electron chi connectivity index (χ3n) is 2.58. The summed E-state index contributed by atoms with van der Waals surface area (Å²) < 4.78 is 0. The van der Waals surface area contributed by atoms with Crippen LogP contribution in [-0.2, 0) is 0 Å². The summed E-state index contributed by atoms with van der Waals surface area (Å²) in [6.07, 6.45) is 5.35. The zero-order valence-electron chi connectivity index (χ0n) is 9.81. The van der Waals surface area contributed by atoms with E-state index in [0.29, 0.717) is 17.8 Å². The highest BCUT2D eigenvalue weighted by Crippen LogP contribution is 2.13. The fourth-order valence-corrected chi connectivity index (χ4v) is 1.65. The molecule has 0 aliphatic rings. The van der Waals surface area contributed by atoms with Crippen LogP contribution >= 0.6 is 0 Å². The van der Waals surface area contributed by atoms with Gasteiger partial charge in [-0.1, -0.05) is 13.3 Å². The van der Waals surface area contributed by atoms with Crippen LogP contribution in [0.4, 0.5) is 0 Å². The molecule has 0 saturated heterocycles. The van der Waals surface area contributed by atoms with E-state index < -0.39 is 0 Å². The predicted octanol–water partition coefficient (Wildman–Crippen LogP) is 2.16. The van der Waals surface area contributed by atoms with Crippen LogP contribution in [0.15, 0.2) is 30.6 Å². The van der Waals surface area contributed by atoms with Gasteiger partial charge in [0.15, 0.2) is 5.65 Å². The van der Waals surface area contributed by atoms with Crippen molar-refractivity contribution in [3.8, 4) is 0 Å². The predicted molar refractivity (Wildman–Crippen MR) is 66.8 cm³/mol. The monoisotopic (exact) mass is 229 g/mol. The molecular weight excluding hydrogens is 214 g/mol. The van der Waals surface area contributed by atoms with E-state index in [1.165, 1.54) is 0 Å². The topological polar surface area (TPSA) is 54.9 Å². The maximum atomic E-state index is 12.0. The van der Waals surface area contributed by atoms with Gasteiger partial charge in [-0.3, -0.25) is 4.79 Å². The first-order chi connectivity index (χ1) is 8.33. The van der Waals surface area contributed by atoms with Crippen LogP contribution in [0.25, 0.3) is 11.0 Å². The lowest BCUT2D eigenvalue weighted by Crippen LogP contribution is -2.24. The molecule has 88 valence electrons. The van der Waals surface area contributed by atoms with Gasteiger partial charge in [-0.05, 0) is 24.6 Å². The molecule has 0 aliphatic heterocycles. The summed E-state index contributed by atoms with van der Waals surface area (Å²) in [5.41, 5.74) is 1.25. The van der Waals surface area contributed by atoms with Gasteiger partial charge in [-0.15, -0.1) is 0 Å². The molecule has 0 atom stereocenters. The number of hydrogen-bond acceptors (Lipinski definition) is 3. The third kappa shape index (κ3) is 2.58. The lowest BCUT2D eigenvalue weighted by atomic mass is 10.1. The van der Waals surface area contributed by atoms with E-state index in [0.717, 1.165) is 18.2 Å². The quantitative estimate of drug-likeness (QED) is 0.817. The normalized spacial score (nSPS) is 10.4. The minimum atomic E-state index is -0.0566. The van der Waals surface area contributed by atoms with Gasteiger partial charge in [0.1, 0.15) is 0 Å². The van der Waals surface area contributed by atoms with Crippen molar-refractivity contribution in [3.63, 3.8) is 0 Å². The summed E-state index contributed by atoms with van der Waals surface area (Å²) in [6.45, 7) is 2.80. The molecule has 4 nitrogen and oxygen atoms in total. The van der Waals surface area contributed by atoms with Gasteiger partial charge in [-0.25, -0.2) is 9.97 Å². The maximum Gasteiger partial charge on any atom is 0.252 e. The van der Waals surface area contributed by atoms with Crippen LogP contribution in [0.2, 0.25) is 0 Å². The molecule has 1 amide bonds. The Morgan fingerprint density at radius 2 is 2.12 bits per heavy atom. The second kappa shape index (κ2) is 5.39. The summed E-state index contributed by atoms with van der Waals surface area (Å²) in [4.78, 5) is 20.2. The van der Waals surface area contributed by atoms with Crippen molar-refractivity contribution < 1.29 is 4.79 Å². The van der Waals surface area contributed by atoms with Crippen LogP contribution < -0.4 is 5.32 Å². The second-order valence-corrected chi connectivity index (χ2v) is 3.84. The number of aromatic nitrogens is 2. The van der Waals surface area contributed by atoms with Gasteiger partial charge in [-0.2, -0.15) is 0 Å². The molecule has 0 aromatic carbocycles. The molecule has 0 radical (unpaired) electrons. The van der Waals surface area contributed by atoms with Crippen molar-refractivity contribution in [2.75, 3.05) is 6.54 Å². The average Bonchev–Trinajstić information content (AvgIpc) is 2.38. The summed E-state index contributed by atoms with van der Waals surface area (Å²) in [6, 6.07) is 5.40. The molecular formula is C13H15N3O. The fourth-order valence-electron chi connectivity index (χ4n) is 1.65.